The van der Waals surface area contributed by atoms with Crippen LogP contribution in [0.5, 0.6) is 0 Å². The van der Waals surface area contributed by atoms with Crippen molar-refractivity contribution in [2.75, 3.05) is 0 Å². The van der Waals surface area contributed by atoms with Crippen molar-refractivity contribution < 1.29 is 14.4 Å². The van der Waals surface area contributed by atoms with E-state index < -0.39 is 0 Å². The molecule has 0 unspecified atom stereocenters. The molecule has 0 radical (unpaired) electrons. The molecule has 7 nitrogen and oxygen atoms in total. The van der Waals surface area contributed by atoms with Gasteiger partial charge in [0.25, 0.3) is 5.91 Å². The lowest BCUT2D eigenvalue weighted by molar-refractivity contribution is -0.163. The van der Waals surface area contributed by atoms with E-state index in [1.807, 2.05) is 25.1 Å². The lowest BCUT2D eigenvalue weighted by Gasteiger charge is -2.32. The first-order valence-electron chi connectivity index (χ1n) is 7.87. The van der Waals surface area contributed by atoms with Gasteiger partial charge >= 0.3 is 0 Å². The first-order valence-corrected chi connectivity index (χ1v) is 7.87. The molecular weight excluding hydrogens is 308 g/mol. The maximum absolute atomic E-state index is 12.6. The summed E-state index contributed by atoms with van der Waals surface area (Å²) in [7, 11) is 0. The lowest BCUT2D eigenvalue weighted by atomic mass is 10.0. The number of H-pyrrole nitrogens is 1. The van der Waals surface area contributed by atoms with Gasteiger partial charge in [-0.1, -0.05) is 6.07 Å². The van der Waals surface area contributed by atoms with Gasteiger partial charge in [-0.3, -0.25) is 19.5 Å². The number of aromatic nitrogens is 2. The van der Waals surface area contributed by atoms with Crippen molar-refractivity contribution in [2.45, 2.75) is 32.7 Å². The summed E-state index contributed by atoms with van der Waals surface area (Å²) in [4.78, 5) is 36.8. The number of rotatable bonds is 2. The Hall–Kier alpha value is -2.96. The number of hydrazine groups is 1. The third kappa shape index (κ3) is 2.20. The first-order chi connectivity index (χ1) is 11.5. The summed E-state index contributed by atoms with van der Waals surface area (Å²) in [5.74, 6) is -0.926. The Morgan fingerprint density at radius 2 is 1.83 bits per heavy atom. The summed E-state index contributed by atoms with van der Waals surface area (Å²) in [5.41, 5.74) is 3.96. The van der Waals surface area contributed by atoms with Crippen LogP contribution < -0.4 is 0 Å². The number of piperidine rings is 1. The highest BCUT2D eigenvalue weighted by Gasteiger charge is 2.39. The van der Waals surface area contributed by atoms with E-state index in [-0.39, 0.29) is 24.3 Å². The number of carbonyl (C=O) groups is 3. The molecule has 0 saturated carbocycles. The number of aromatic amines is 1. The van der Waals surface area contributed by atoms with E-state index >= 15 is 0 Å². The molecule has 1 saturated heterocycles. The quantitative estimate of drug-likeness (QED) is 0.853. The molecule has 3 heterocycles. The van der Waals surface area contributed by atoms with Crippen molar-refractivity contribution in [3.05, 3.63) is 41.1 Å². The SMILES string of the molecule is Cc1cc(-c2ccc3c(c2)CN(N2C(=O)CCCC2=O)C3=O)n[nH]1. The highest BCUT2D eigenvalue weighted by Crippen LogP contribution is 2.30. The van der Waals surface area contributed by atoms with E-state index in [1.54, 1.807) is 6.07 Å². The molecule has 0 bridgehead atoms. The number of amides is 3. The van der Waals surface area contributed by atoms with E-state index in [4.69, 9.17) is 0 Å². The fraction of sp³-hybridized carbons (Fsp3) is 0.294. The zero-order chi connectivity index (χ0) is 16.8. The standard InChI is InChI=1S/C17H16N4O3/c1-10-7-14(19-18-10)11-5-6-13-12(8-11)9-20(17(13)24)21-15(22)3-2-4-16(21)23/h5-8H,2-4,9H2,1H3,(H,18,19). The molecule has 2 aliphatic heterocycles. The Morgan fingerprint density at radius 3 is 2.50 bits per heavy atom. The Kier molecular flexibility index (Phi) is 3.23. The zero-order valence-electron chi connectivity index (χ0n) is 13.2. The van der Waals surface area contributed by atoms with Gasteiger partial charge in [-0.25, -0.2) is 5.01 Å². The predicted molar refractivity (Wildman–Crippen MR) is 84.3 cm³/mol. The number of hydrogen-bond donors (Lipinski definition) is 1. The minimum Gasteiger partial charge on any atom is -0.282 e. The van der Waals surface area contributed by atoms with E-state index in [0.29, 0.717) is 24.8 Å². The molecule has 1 aromatic heterocycles. The molecule has 0 spiro atoms. The van der Waals surface area contributed by atoms with Gasteiger partial charge in [-0.05, 0) is 37.1 Å². The topological polar surface area (TPSA) is 86.4 Å². The number of hydrogen-bond acceptors (Lipinski definition) is 4. The van der Waals surface area contributed by atoms with Crippen molar-refractivity contribution in [1.82, 2.24) is 20.2 Å². The highest BCUT2D eigenvalue weighted by atomic mass is 16.2. The van der Waals surface area contributed by atoms with Crippen LogP contribution in [0, 0.1) is 6.92 Å². The fourth-order valence-electron chi connectivity index (χ4n) is 3.20. The summed E-state index contributed by atoms with van der Waals surface area (Å²) >= 11 is 0. The number of aryl methyl sites for hydroxylation is 1. The second-order valence-corrected chi connectivity index (χ2v) is 6.12. The molecule has 2 aromatic rings. The predicted octanol–water partition coefficient (Wildman–Crippen LogP) is 1.80. The van der Waals surface area contributed by atoms with Crippen LogP contribution in [0.2, 0.25) is 0 Å². The highest BCUT2D eigenvalue weighted by molar-refractivity contribution is 6.04. The average Bonchev–Trinajstić information content (AvgIpc) is 3.12. The molecule has 0 atom stereocenters. The Morgan fingerprint density at radius 1 is 1.08 bits per heavy atom. The Labute approximate surface area is 138 Å². The third-order valence-electron chi connectivity index (χ3n) is 4.39. The summed E-state index contributed by atoms with van der Waals surface area (Å²) in [6.45, 7) is 2.14. The molecule has 0 aliphatic carbocycles. The van der Waals surface area contributed by atoms with Gasteiger partial charge in [-0.2, -0.15) is 10.1 Å². The molecule has 4 rings (SSSR count). The van der Waals surface area contributed by atoms with Crippen LogP contribution >= 0.6 is 0 Å². The van der Waals surface area contributed by atoms with Crippen LogP contribution in [0.3, 0.4) is 0 Å². The van der Waals surface area contributed by atoms with E-state index in [2.05, 4.69) is 10.2 Å². The summed E-state index contributed by atoms with van der Waals surface area (Å²) in [5, 5.41) is 9.39. The zero-order valence-corrected chi connectivity index (χ0v) is 13.2. The number of carbonyl (C=O) groups excluding carboxylic acids is 3. The Balaban J connectivity index is 1.67. The number of nitrogens with one attached hydrogen (secondary N) is 1. The smallest absolute Gasteiger partial charge is 0.273 e. The molecule has 7 heteroatoms. The first kappa shape index (κ1) is 14.6. The van der Waals surface area contributed by atoms with Crippen molar-refractivity contribution in [2.24, 2.45) is 0 Å². The minimum atomic E-state index is -0.310. The summed E-state index contributed by atoms with van der Waals surface area (Å²) < 4.78 is 0. The van der Waals surface area contributed by atoms with Gasteiger partial charge in [0.05, 0.1) is 12.2 Å². The fourth-order valence-corrected chi connectivity index (χ4v) is 3.20. The van der Waals surface area contributed by atoms with Crippen LogP contribution in [0.4, 0.5) is 0 Å². The normalized spacial score (nSPS) is 17.6. The molecule has 122 valence electrons. The molecule has 1 fully saturated rings. The lowest BCUT2D eigenvalue weighted by Crippen LogP contribution is -2.51. The van der Waals surface area contributed by atoms with E-state index in [0.717, 1.165) is 27.5 Å². The number of fused-ring (bicyclic) bond motifs is 1. The van der Waals surface area contributed by atoms with Crippen molar-refractivity contribution in [3.8, 4) is 11.3 Å². The van der Waals surface area contributed by atoms with Crippen molar-refractivity contribution in [1.29, 1.82) is 0 Å². The molecule has 24 heavy (non-hydrogen) atoms. The average molecular weight is 324 g/mol. The van der Waals surface area contributed by atoms with Gasteiger partial charge in [0, 0.05) is 29.7 Å². The van der Waals surface area contributed by atoms with Gasteiger partial charge in [0.15, 0.2) is 0 Å². The van der Waals surface area contributed by atoms with E-state index in [9.17, 15) is 14.4 Å². The molecule has 2 aliphatic rings. The maximum Gasteiger partial charge on any atom is 0.273 e. The van der Waals surface area contributed by atoms with Gasteiger partial charge in [0.2, 0.25) is 11.8 Å². The number of nitrogens with zero attached hydrogens (tertiary/aromatic N) is 3. The van der Waals surface area contributed by atoms with Crippen LogP contribution in [-0.2, 0) is 16.1 Å². The third-order valence-corrected chi connectivity index (χ3v) is 4.39. The van der Waals surface area contributed by atoms with Crippen LogP contribution in [0.25, 0.3) is 11.3 Å². The monoisotopic (exact) mass is 324 g/mol. The van der Waals surface area contributed by atoms with Gasteiger partial charge in [0.1, 0.15) is 0 Å². The van der Waals surface area contributed by atoms with Crippen LogP contribution in [-0.4, -0.2) is 37.9 Å². The van der Waals surface area contributed by atoms with Gasteiger partial charge in [-0.15, -0.1) is 0 Å². The molecule has 3 amide bonds. The van der Waals surface area contributed by atoms with E-state index in [1.165, 1.54) is 5.01 Å². The number of benzene rings is 1. The maximum atomic E-state index is 12.6. The minimum absolute atomic E-state index is 0.225. The number of imide groups is 1. The van der Waals surface area contributed by atoms with Crippen molar-refractivity contribution in [3.63, 3.8) is 0 Å². The molecular formula is C17H16N4O3. The largest absolute Gasteiger partial charge is 0.282 e. The summed E-state index contributed by atoms with van der Waals surface area (Å²) in [6.07, 6.45) is 1.14. The molecule has 1 aromatic carbocycles. The second-order valence-electron chi connectivity index (χ2n) is 6.12. The summed E-state index contributed by atoms with van der Waals surface area (Å²) in [6, 6.07) is 7.38. The van der Waals surface area contributed by atoms with Crippen LogP contribution in [0.1, 0.15) is 40.9 Å². The second kappa shape index (κ2) is 5.30. The van der Waals surface area contributed by atoms with Crippen LogP contribution in [0.15, 0.2) is 24.3 Å². The van der Waals surface area contributed by atoms with Crippen molar-refractivity contribution >= 4 is 17.7 Å². The Bertz CT molecular complexity index is 854. The molecule has 1 N–H and O–H groups in total. The van der Waals surface area contributed by atoms with Gasteiger partial charge < -0.3 is 0 Å².